The number of aromatic nitrogens is 1. The molecule has 0 fully saturated rings. The first kappa shape index (κ1) is 11.0. The fourth-order valence-corrected chi connectivity index (χ4v) is 1.87. The molecule has 0 saturated carbocycles. The van der Waals surface area contributed by atoms with Crippen LogP contribution in [0, 0.1) is 3.57 Å². The van der Waals surface area contributed by atoms with Crippen LogP contribution in [-0.2, 0) is 0 Å². The third kappa shape index (κ3) is 2.93. The highest BCUT2D eigenvalue weighted by atomic mass is 127. The zero-order valence-corrected chi connectivity index (χ0v) is 8.83. The third-order valence-corrected chi connectivity index (χ3v) is 2.78. The normalized spacial score (nSPS) is 17.7. The minimum atomic E-state index is -9.58. The van der Waals surface area contributed by atoms with E-state index in [0.29, 0.717) is 12.3 Å². The fourth-order valence-electron chi connectivity index (χ4n) is 0.596. The van der Waals surface area contributed by atoms with Crippen molar-refractivity contribution in [3.05, 3.63) is 21.9 Å². The summed E-state index contributed by atoms with van der Waals surface area (Å²) in [5.41, 5.74) is 0. The maximum absolute atomic E-state index is 12.1. The van der Waals surface area contributed by atoms with Crippen LogP contribution in [0.3, 0.4) is 0 Å². The summed E-state index contributed by atoms with van der Waals surface area (Å²) in [4.78, 5) is 2.63. The predicted molar refractivity (Wildman–Crippen MR) is 48.4 cm³/mol. The summed E-state index contributed by atoms with van der Waals surface area (Å²) in [6.45, 7) is 0. The van der Waals surface area contributed by atoms with Gasteiger partial charge in [0, 0.05) is 9.77 Å². The van der Waals surface area contributed by atoms with Gasteiger partial charge in [-0.15, -0.1) is 0 Å². The zero-order chi connectivity index (χ0) is 10.4. The van der Waals surface area contributed by atoms with Gasteiger partial charge in [-0.2, -0.15) is 0 Å². The number of pyridine rings is 1. The highest BCUT2D eigenvalue weighted by Gasteiger charge is 2.67. The average molecular weight is 331 g/mol. The van der Waals surface area contributed by atoms with E-state index in [1.165, 1.54) is 28.7 Å². The van der Waals surface area contributed by atoms with Gasteiger partial charge in [-0.1, -0.05) is 19.4 Å². The molecule has 1 aromatic heterocycles. The molecule has 0 atom stereocenters. The second-order valence-electron chi connectivity index (χ2n) is 2.28. The molecular formula is C5H3F5INS. The monoisotopic (exact) mass is 331 g/mol. The van der Waals surface area contributed by atoms with Crippen LogP contribution >= 0.6 is 32.8 Å². The Morgan fingerprint density at radius 1 is 1.15 bits per heavy atom. The summed E-state index contributed by atoms with van der Waals surface area (Å²) in [6, 6.07) is 1.52. The fraction of sp³-hybridized carbons (Fsp3) is 0. The first-order chi connectivity index (χ1) is 5.49. The zero-order valence-electron chi connectivity index (χ0n) is 5.86. The van der Waals surface area contributed by atoms with Crippen molar-refractivity contribution in [3.8, 4) is 0 Å². The smallest absolute Gasteiger partial charge is 0.241 e. The summed E-state index contributed by atoms with van der Waals surface area (Å²) < 4.78 is 60.4. The molecule has 0 aliphatic heterocycles. The molecule has 1 heterocycles. The van der Waals surface area contributed by atoms with Gasteiger partial charge < -0.3 is 0 Å². The van der Waals surface area contributed by atoms with Crippen molar-refractivity contribution >= 4 is 32.8 Å². The van der Waals surface area contributed by atoms with Crippen molar-refractivity contribution in [1.29, 1.82) is 0 Å². The van der Waals surface area contributed by atoms with E-state index in [2.05, 4.69) is 4.98 Å². The summed E-state index contributed by atoms with van der Waals surface area (Å²) in [7, 11) is -9.58. The van der Waals surface area contributed by atoms with Crippen LogP contribution in [0.1, 0.15) is 0 Å². The number of rotatable bonds is 1. The predicted octanol–water partition coefficient (Wildman–Crippen LogP) is 4.34. The molecule has 0 aliphatic rings. The molecule has 76 valence electrons. The van der Waals surface area contributed by atoms with Crippen molar-refractivity contribution in [2.24, 2.45) is 0 Å². The molecule has 13 heavy (non-hydrogen) atoms. The number of hydrogen-bond donors (Lipinski definition) is 0. The molecule has 0 aliphatic carbocycles. The van der Waals surface area contributed by atoms with Gasteiger partial charge in [0.1, 0.15) is 0 Å². The van der Waals surface area contributed by atoms with Crippen LogP contribution in [-0.4, -0.2) is 4.98 Å². The van der Waals surface area contributed by atoms with E-state index >= 15 is 0 Å². The molecule has 0 radical (unpaired) electrons. The lowest BCUT2D eigenvalue weighted by Gasteiger charge is -2.39. The van der Waals surface area contributed by atoms with Crippen molar-refractivity contribution in [1.82, 2.24) is 4.98 Å². The number of nitrogens with zero attached hydrogens (tertiary/aromatic N) is 1. The third-order valence-electron chi connectivity index (χ3n) is 1.09. The molecular weight excluding hydrogens is 328 g/mol. The Morgan fingerprint density at radius 2 is 1.69 bits per heavy atom. The maximum atomic E-state index is 12.1. The van der Waals surface area contributed by atoms with Gasteiger partial charge in [-0.05, 0) is 34.7 Å². The van der Waals surface area contributed by atoms with Gasteiger partial charge in [-0.3, -0.25) is 0 Å². The highest BCUT2D eigenvalue weighted by Crippen LogP contribution is 3.01. The van der Waals surface area contributed by atoms with E-state index < -0.39 is 15.3 Å². The topological polar surface area (TPSA) is 12.9 Å². The molecule has 0 unspecified atom stereocenters. The quantitative estimate of drug-likeness (QED) is 0.551. The Labute approximate surface area is 84.2 Å². The van der Waals surface area contributed by atoms with Gasteiger partial charge in [0.2, 0.25) is 0 Å². The molecule has 0 spiro atoms. The van der Waals surface area contributed by atoms with Crippen molar-refractivity contribution < 1.29 is 19.4 Å². The lowest BCUT2D eigenvalue weighted by atomic mass is 10.5. The van der Waals surface area contributed by atoms with Gasteiger partial charge >= 0.3 is 10.2 Å². The highest BCUT2D eigenvalue weighted by molar-refractivity contribution is 14.1. The minimum Gasteiger partial charge on any atom is -0.241 e. The van der Waals surface area contributed by atoms with E-state index in [0.717, 1.165) is 0 Å². The van der Waals surface area contributed by atoms with E-state index in [1.54, 1.807) is 0 Å². The number of hydrogen-bond acceptors (Lipinski definition) is 1. The van der Waals surface area contributed by atoms with Crippen LogP contribution in [0.15, 0.2) is 23.4 Å². The maximum Gasteiger partial charge on any atom is 0.325 e. The minimum absolute atomic E-state index is 0.0656. The largest absolute Gasteiger partial charge is 0.325 e. The van der Waals surface area contributed by atoms with Crippen molar-refractivity contribution in [2.45, 2.75) is 5.03 Å². The Balaban J connectivity index is 3.41. The molecule has 0 bridgehead atoms. The Bertz CT molecular complexity index is 346. The van der Waals surface area contributed by atoms with Crippen molar-refractivity contribution in [3.63, 3.8) is 0 Å². The Kier molecular flexibility index (Phi) is 1.91. The molecule has 8 heteroatoms. The molecule has 1 nitrogen and oxygen atoms in total. The second-order valence-corrected chi connectivity index (χ2v) is 5.88. The van der Waals surface area contributed by atoms with E-state index in [9.17, 15) is 19.4 Å². The summed E-state index contributed by atoms with van der Waals surface area (Å²) in [5.74, 6) is 0. The summed E-state index contributed by atoms with van der Waals surface area (Å²) in [5, 5.41) is -2.09. The molecule has 1 rings (SSSR count). The summed E-state index contributed by atoms with van der Waals surface area (Å²) in [6.07, 6.45) is 0.703. The van der Waals surface area contributed by atoms with Crippen molar-refractivity contribution in [2.75, 3.05) is 0 Å². The first-order valence-electron chi connectivity index (χ1n) is 2.85. The van der Waals surface area contributed by atoms with Gasteiger partial charge in [-0.25, -0.2) is 4.98 Å². The molecule has 0 N–H and O–H groups in total. The number of halogens is 6. The lowest BCUT2D eigenvalue weighted by Crippen LogP contribution is -2.08. The van der Waals surface area contributed by atoms with Gasteiger partial charge in [0.25, 0.3) is 0 Å². The molecule has 0 amide bonds. The average Bonchev–Trinajstić information content (AvgIpc) is 1.82. The van der Waals surface area contributed by atoms with Gasteiger partial charge in [0.05, 0.1) is 0 Å². The second kappa shape index (κ2) is 2.27. The molecule has 1 aromatic rings. The van der Waals surface area contributed by atoms with E-state index in [1.807, 2.05) is 0 Å². The Morgan fingerprint density at radius 3 is 2.00 bits per heavy atom. The van der Waals surface area contributed by atoms with Crippen LogP contribution < -0.4 is 0 Å². The van der Waals surface area contributed by atoms with E-state index in [-0.39, 0.29) is 3.57 Å². The van der Waals surface area contributed by atoms with Crippen LogP contribution in [0.5, 0.6) is 0 Å². The van der Waals surface area contributed by atoms with Crippen LogP contribution in [0.25, 0.3) is 0 Å². The van der Waals surface area contributed by atoms with Crippen LogP contribution in [0.2, 0.25) is 0 Å². The van der Waals surface area contributed by atoms with Gasteiger partial charge in [0.15, 0.2) is 5.03 Å². The molecule has 0 aromatic carbocycles. The van der Waals surface area contributed by atoms with Crippen LogP contribution in [0.4, 0.5) is 19.4 Å². The first-order valence-corrected chi connectivity index (χ1v) is 5.88. The molecule has 0 saturated heterocycles. The van der Waals surface area contributed by atoms with E-state index in [4.69, 9.17) is 0 Å². The SMILES string of the molecule is FS(F)(F)(F)(F)c1cc(I)ccn1. The Hall–Kier alpha value is -0.120. The standard InChI is InChI=1S/C5H3F5INS/c6-13(7,8,9,10)5-3-4(11)1-2-12-5/h1-3H. The lowest BCUT2D eigenvalue weighted by molar-refractivity contribution is 0.358. The summed E-state index contributed by atoms with van der Waals surface area (Å²) >= 11 is 1.50.